The lowest BCUT2D eigenvalue weighted by Crippen LogP contribution is -2.40. The van der Waals surface area contributed by atoms with Gasteiger partial charge in [-0.1, -0.05) is 6.92 Å². The van der Waals surface area contributed by atoms with E-state index in [0.717, 1.165) is 12.8 Å². The van der Waals surface area contributed by atoms with Crippen molar-refractivity contribution >= 4 is 23.5 Å². The van der Waals surface area contributed by atoms with Crippen LogP contribution in [-0.2, 0) is 4.79 Å². The van der Waals surface area contributed by atoms with Gasteiger partial charge in [0.05, 0.1) is 0 Å². The van der Waals surface area contributed by atoms with Gasteiger partial charge in [-0.25, -0.2) is 4.79 Å². The summed E-state index contributed by atoms with van der Waals surface area (Å²) >= 11 is 5.63. The molecule has 4 nitrogen and oxygen atoms in total. The lowest BCUT2D eigenvalue weighted by atomic mass is 10.0. The van der Waals surface area contributed by atoms with Gasteiger partial charge in [0.1, 0.15) is 5.54 Å². The molecule has 0 bridgehead atoms. The number of carbonyl (C=O) groups excluding carboxylic acids is 2. The van der Waals surface area contributed by atoms with E-state index in [2.05, 4.69) is 12.2 Å². The van der Waals surface area contributed by atoms with Crippen LogP contribution >= 0.6 is 11.6 Å². The highest BCUT2D eigenvalue weighted by Gasteiger charge is 2.43. The summed E-state index contributed by atoms with van der Waals surface area (Å²) in [6, 6.07) is -0.284. The number of amides is 3. The molecule has 1 saturated heterocycles. The average Bonchev–Trinajstić information content (AvgIpc) is 2.35. The number of urea groups is 1. The van der Waals surface area contributed by atoms with Crippen molar-refractivity contribution in [3.05, 3.63) is 0 Å². The number of halogens is 1. The molecule has 0 radical (unpaired) electrons. The molecule has 92 valence electrons. The zero-order valence-electron chi connectivity index (χ0n) is 10.0. The van der Waals surface area contributed by atoms with Gasteiger partial charge in [0.25, 0.3) is 5.91 Å². The molecule has 0 saturated carbocycles. The van der Waals surface area contributed by atoms with Crippen molar-refractivity contribution < 1.29 is 9.59 Å². The van der Waals surface area contributed by atoms with Crippen molar-refractivity contribution in [2.24, 2.45) is 5.92 Å². The second kappa shape index (κ2) is 5.04. The minimum Gasteiger partial charge on any atom is -0.324 e. The van der Waals surface area contributed by atoms with Crippen molar-refractivity contribution in [1.29, 1.82) is 0 Å². The Bertz CT molecular complexity index is 292. The Labute approximate surface area is 101 Å². The Morgan fingerprint density at radius 3 is 2.44 bits per heavy atom. The summed E-state index contributed by atoms with van der Waals surface area (Å²) in [6.45, 7) is 5.99. The molecule has 1 aliphatic heterocycles. The third-order valence-corrected chi connectivity index (χ3v) is 3.11. The van der Waals surface area contributed by atoms with Crippen LogP contribution in [-0.4, -0.2) is 34.8 Å². The van der Waals surface area contributed by atoms with E-state index < -0.39 is 5.54 Å². The molecule has 1 heterocycles. The van der Waals surface area contributed by atoms with E-state index in [1.165, 1.54) is 4.90 Å². The Morgan fingerprint density at radius 1 is 1.38 bits per heavy atom. The van der Waals surface area contributed by atoms with Gasteiger partial charge in [0.15, 0.2) is 0 Å². The molecule has 1 N–H and O–H groups in total. The van der Waals surface area contributed by atoms with Crippen molar-refractivity contribution in [3.63, 3.8) is 0 Å². The predicted octanol–water partition coefficient (Wildman–Crippen LogP) is 1.97. The van der Waals surface area contributed by atoms with Crippen molar-refractivity contribution in [2.45, 2.75) is 39.2 Å². The van der Waals surface area contributed by atoms with E-state index in [1.807, 2.05) is 0 Å². The predicted molar refractivity (Wildman–Crippen MR) is 63.4 cm³/mol. The summed E-state index contributed by atoms with van der Waals surface area (Å²) in [7, 11) is 0. The van der Waals surface area contributed by atoms with E-state index >= 15 is 0 Å². The maximum absolute atomic E-state index is 11.8. The summed E-state index contributed by atoms with van der Waals surface area (Å²) in [5, 5.41) is 2.66. The second-order valence-electron chi connectivity index (χ2n) is 4.88. The smallest absolute Gasteiger partial charge is 0.324 e. The van der Waals surface area contributed by atoms with E-state index in [9.17, 15) is 9.59 Å². The molecule has 5 heteroatoms. The topological polar surface area (TPSA) is 49.4 Å². The van der Waals surface area contributed by atoms with Gasteiger partial charge in [0, 0.05) is 12.4 Å². The van der Waals surface area contributed by atoms with E-state index in [0.29, 0.717) is 18.3 Å². The summed E-state index contributed by atoms with van der Waals surface area (Å²) in [6.07, 6.45) is 1.72. The Kier molecular flexibility index (Phi) is 4.19. The molecule has 0 aliphatic carbocycles. The van der Waals surface area contributed by atoms with Gasteiger partial charge in [0.2, 0.25) is 0 Å². The van der Waals surface area contributed by atoms with Gasteiger partial charge in [-0.05, 0) is 32.6 Å². The van der Waals surface area contributed by atoms with Crippen molar-refractivity contribution in [1.82, 2.24) is 10.2 Å². The zero-order valence-corrected chi connectivity index (χ0v) is 10.8. The molecule has 1 fully saturated rings. The molecule has 0 aromatic rings. The third kappa shape index (κ3) is 2.88. The molecule has 0 spiro atoms. The van der Waals surface area contributed by atoms with Crippen LogP contribution in [0.5, 0.6) is 0 Å². The fourth-order valence-electron chi connectivity index (χ4n) is 1.70. The van der Waals surface area contributed by atoms with Gasteiger partial charge in [-0.15, -0.1) is 11.6 Å². The van der Waals surface area contributed by atoms with Crippen LogP contribution in [0.2, 0.25) is 0 Å². The number of carbonyl (C=O) groups is 2. The largest absolute Gasteiger partial charge is 0.325 e. The molecule has 16 heavy (non-hydrogen) atoms. The van der Waals surface area contributed by atoms with Gasteiger partial charge in [-0.3, -0.25) is 9.69 Å². The number of hydrogen-bond acceptors (Lipinski definition) is 2. The average molecular weight is 247 g/mol. The van der Waals surface area contributed by atoms with E-state index in [-0.39, 0.29) is 11.9 Å². The minimum absolute atomic E-state index is 0.143. The highest BCUT2D eigenvalue weighted by atomic mass is 35.5. The van der Waals surface area contributed by atoms with E-state index in [1.54, 1.807) is 13.8 Å². The number of rotatable bonds is 5. The fraction of sp³-hybridized carbons (Fsp3) is 0.818. The molecule has 0 aromatic carbocycles. The number of nitrogens with zero attached hydrogens (tertiary/aromatic N) is 1. The van der Waals surface area contributed by atoms with Crippen LogP contribution in [0.4, 0.5) is 4.79 Å². The number of alkyl halides is 1. The summed E-state index contributed by atoms with van der Waals surface area (Å²) < 4.78 is 0. The van der Waals surface area contributed by atoms with Crippen LogP contribution in [0.1, 0.15) is 33.6 Å². The molecule has 1 rings (SSSR count). The maximum atomic E-state index is 11.8. The fourth-order valence-corrected chi connectivity index (χ4v) is 2.07. The molecule has 1 atom stereocenters. The van der Waals surface area contributed by atoms with Crippen LogP contribution in [0.15, 0.2) is 0 Å². The van der Waals surface area contributed by atoms with Crippen LogP contribution in [0.25, 0.3) is 0 Å². The number of imide groups is 1. The molecule has 1 unspecified atom stereocenters. The summed E-state index contributed by atoms with van der Waals surface area (Å²) in [5.74, 6) is 0.907. The van der Waals surface area contributed by atoms with Crippen LogP contribution in [0.3, 0.4) is 0 Å². The molecular formula is C11H19ClN2O2. The normalized spacial score (nSPS) is 21.1. The quantitative estimate of drug-likeness (QED) is 0.596. The highest BCUT2D eigenvalue weighted by Crippen LogP contribution is 2.18. The minimum atomic E-state index is -0.757. The Hall–Kier alpha value is -0.770. The standard InChI is InChI=1S/C11H19ClN2O2/c1-8(4-6-12)5-7-14-9(15)11(2,3)13-10(14)16/h8H,4-7H2,1-3H3,(H,13,16). The first-order valence-corrected chi connectivity index (χ1v) is 6.12. The van der Waals surface area contributed by atoms with Gasteiger partial charge >= 0.3 is 6.03 Å². The van der Waals surface area contributed by atoms with Crippen molar-refractivity contribution in [3.8, 4) is 0 Å². The van der Waals surface area contributed by atoms with Crippen LogP contribution in [0, 0.1) is 5.92 Å². The first-order valence-electron chi connectivity index (χ1n) is 5.58. The van der Waals surface area contributed by atoms with Gasteiger partial charge in [-0.2, -0.15) is 0 Å². The summed E-state index contributed by atoms with van der Waals surface area (Å²) in [5.41, 5.74) is -0.757. The second-order valence-corrected chi connectivity index (χ2v) is 5.26. The molecular weight excluding hydrogens is 228 g/mol. The maximum Gasteiger partial charge on any atom is 0.325 e. The number of hydrogen-bond donors (Lipinski definition) is 1. The first-order chi connectivity index (χ1) is 7.38. The molecule has 3 amide bonds. The first kappa shape index (κ1) is 13.3. The van der Waals surface area contributed by atoms with Crippen LogP contribution < -0.4 is 5.32 Å². The third-order valence-electron chi connectivity index (χ3n) is 2.89. The highest BCUT2D eigenvalue weighted by molar-refractivity contribution is 6.17. The summed E-state index contributed by atoms with van der Waals surface area (Å²) in [4.78, 5) is 24.7. The number of nitrogens with one attached hydrogen (secondary N) is 1. The molecule has 1 aliphatic rings. The lowest BCUT2D eigenvalue weighted by molar-refractivity contribution is -0.130. The Morgan fingerprint density at radius 2 is 2.00 bits per heavy atom. The SMILES string of the molecule is CC(CCCl)CCN1C(=O)NC(C)(C)C1=O. The molecule has 0 aromatic heterocycles. The van der Waals surface area contributed by atoms with Gasteiger partial charge < -0.3 is 5.32 Å². The zero-order chi connectivity index (χ0) is 12.3. The van der Waals surface area contributed by atoms with E-state index in [4.69, 9.17) is 11.6 Å². The monoisotopic (exact) mass is 246 g/mol. The Balaban J connectivity index is 2.49. The lowest BCUT2D eigenvalue weighted by Gasteiger charge is -2.17. The van der Waals surface area contributed by atoms with Crippen molar-refractivity contribution in [2.75, 3.05) is 12.4 Å².